The molecule has 0 aromatic heterocycles. The molecule has 2 heterocycles. The summed E-state index contributed by atoms with van der Waals surface area (Å²) in [5.74, 6) is 0.954. The van der Waals surface area contributed by atoms with Crippen LogP contribution in [0.3, 0.4) is 0 Å². The molecule has 0 amide bonds. The topological polar surface area (TPSA) is 62.2 Å². The molecule has 2 aliphatic heterocycles. The van der Waals surface area contributed by atoms with E-state index in [0.717, 1.165) is 30.6 Å². The van der Waals surface area contributed by atoms with Crippen LogP contribution in [-0.4, -0.2) is 47.5 Å². The molecule has 0 bridgehead atoms. The van der Waals surface area contributed by atoms with Gasteiger partial charge in [0.15, 0.2) is 0 Å². The van der Waals surface area contributed by atoms with Crippen LogP contribution in [-0.2, 0) is 0 Å². The number of fused-ring (bicyclic) bond motifs is 1. The highest BCUT2D eigenvalue weighted by Crippen LogP contribution is 2.48. The Labute approximate surface area is 215 Å². The predicted molar refractivity (Wildman–Crippen MR) is 139 cm³/mol. The number of alkyl halides is 1. The number of aromatic hydroxyl groups is 2. The molecule has 0 saturated carbocycles. The fourth-order valence-corrected chi connectivity index (χ4v) is 5.19. The first-order chi connectivity index (χ1) is 17.8. The third-order valence-corrected chi connectivity index (χ3v) is 7.35. The van der Waals surface area contributed by atoms with E-state index in [1.165, 1.54) is 18.2 Å². The Morgan fingerprint density at radius 3 is 2.43 bits per heavy atom. The van der Waals surface area contributed by atoms with E-state index in [4.69, 9.17) is 9.47 Å². The van der Waals surface area contributed by atoms with Crippen LogP contribution in [0.25, 0.3) is 11.1 Å². The summed E-state index contributed by atoms with van der Waals surface area (Å²) < 4.78 is 40.3. The van der Waals surface area contributed by atoms with Crippen molar-refractivity contribution in [2.45, 2.75) is 32.4 Å². The van der Waals surface area contributed by atoms with E-state index < -0.39 is 11.9 Å². The van der Waals surface area contributed by atoms with Crippen molar-refractivity contribution in [3.8, 4) is 23.0 Å². The fraction of sp³-hybridized carbons (Fsp3) is 0.333. The second-order valence-corrected chi connectivity index (χ2v) is 9.91. The van der Waals surface area contributed by atoms with Crippen molar-refractivity contribution in [3.63, 3.8) is 0 Å². The quantitative estimate of drug-likeness (QED) is 0.390. The Kier molecular flexibility index (Phi) is 7.07. The number of phenols is 2. The second-order valence-electron chi connectivity index (χ2n) is 9.91. The number of rotatable bonds is 7. The van der Waals surface area contributed by atoms with E-state index in [-0.39, 0.29) is 35.7 Å². The monoisotopic (exact) mass is 507 g/mol. The molecule has 3 unspecified atom stereocenters. The number of halogens is 2. The zero-order valence-corrected chi connectivity index (χ0v) is 21.0. The van der Waals surface area contributed by atoms with Crippen molar-refractivity contribution in [2.75, 3.05) is 26.4 Å². The van der Waals surface area contributed by atoms with E-state index in [2.05, 4.69) is 11.8 Å². The number of phenolic OH excluding ortho intramolecular Hbond substituents is 2. The Morgan fingerprint density at radius 1 is 1.03 bits per heavy atom. The zero-order chi connectivity index (χ0) is 26.1. The summed E-state index contributed by atoms with van der Waals surface area (Å²) >= 11 is 0. The van der Waals surface area contributed by atoms with Gasteiger partial charge in [-0.15, -0.1) is 0 Å². The van der Waals surface area contributed by atoms with Gasteiger partial charge >= 0.3 is 0 Å². The van der Waals surface area contributed by atoms with Gasteiger partial charge in [0.05, 0.1) is 6.67 Å². The molecule has 194 valence electrons. The summed E-state index contributed by atoms with van der Waals surface area (Å²) in [5, 5.41) is 20.1. The summed E-state index contributed by atoms with van der Waals surface area (Å²) in [5.41, 5.74) is 3.02. The highest BCUT2D eigenvalue weighted by Gasteiger charge is 2.31. The number of allylic oxidation sites excluding steroid dienone is 1. The lowest BCUT2D eigenvalue weighted by Gasteiger charge is -2.31. The first kappa shape index (κ1) is 25.1. The van der Waals surface area contributed by atoms with Gasteiger partial charge in [0.2, 0.25) is 0 Å². The molecule has 3 aromatic rings. The van der Waals surface area contributed by atoms with E-state index in [1.54, 1.807) is 18.2 Å². The predicted octanol–water partition coefficient (Wildman–Crippen LogP) is 6.36. The lowest BCUT2D eigenvalue weighted by Crippen LogP contribution is -2.35. The molecule has 5 rings (SSSR count). The number of likely N-dealkylation sites (tertiary alicyclic amines) is 1. The lowest BCUT2D eigenvalue weighted by molar-refractivity contribution is 0.165. The van der Waals surface area contributed by atoms with Crippen LogP contribution in [0.15, 0.2) is 60.7 Å². The zero-order valence-electron chi connectivity index (χ0n) is 21.0. The molecule has 3 atom stereocenters. The molecule has 7 heteroatoms. The summed E-state index contributed by atoms with van der Waals surface area (Å²) in [4.78, 5) is 2.26. The molecule has 2 N–H and O–H groups in total. The maximum absolute atomic E-state index is 15.0. The van der Waals surface area contributed by atoms with Crippen LogP contribution in [0.1, 0.15) is 43.1 Å². The van der Waals surface area contributed by atoms with Gasteiger partial charge < -0.3 is 19.7 Å². The van der Waals surface area contributed by atoms with Gasteiger partial charge in [0, 0.05) is 35.2 Å². The summed E-state index contributed by atoms with van der Waals surface area (Å²) in [7, 11) is 0. The molecule has 5 nitrogen and oxygen atoms in total. The van der Waals surface area contributed by atoms with Crippen LogP contribution < -0.4 is 9.47 Å². The van der Waals surface area contributed by atoms with Crippen molar-refractivity contribution in [1.29, 1.82) is 0 Å². The molecule has 37 heavy (non-hydrogen) atoms. The number of nitrogens with zero attached hydrogens (tertiary/aromatic N) is 1. The molecule has 0 radical (unpaired) electrons. The Morgan fingerprint density at radius 2 is 1.73 bits per heavy atom. The molecule has 0 spiro atoms. The Bertz CT molecular complexity index is 1310. The van der Waals surface area contributed by atoms with E-state index in [1.807, 2.05) is 31.2 Å². The summed E-state index contributed by atoms with van der Waals surface area (Å²) in [6.07, 6.45) is 0.248. The third-order valence-electron chi connectivity index (χ3n) is 7.35. The van der Waals surface area contributed by atoms with E-state index in [0.29, 0.717) is 29.2 Å². The van der Waals surface area contributed by atoms with E-state index >= 15 is 0 Å². The normalized spacial score (nSPS) is 20.4. The van der Waals surface area contributed by atoms with Gasteiger partial charge in [-0.3, -0.25) is 9.29 Å². The van der Waals surface area contributed by atoms with Crippen LogP contribution in [0.2, 0.25) is 0 Å². The van der Waals surface area contributed by atoms with Crippen molar-refractivity contribution >= 4 is 11.1 Å². The first-order valence-electron chi connectivity index (χ1n) is 12.6. The second kappa shape index (κ2) is 10.4. The molecular weight excluding hydrogens is 476 g/mol. The molecule has 0 aliphatic carbocycles. The van der Waals surface area contributed by atoms with Crippen LogP contribution >= 0.6 is 0 Å². The average molecular weight is 508 g/mol. The number of hydrogen-bond donors (Lipinski definition) is 2. The Balaban J connectivity index is 1.41. The average Bonchev–Trinajstić information content (AvgIpc) is 3.39. The smallest absolute Gasteiger partial charge is 0.150 e. The SMILES string of the molecule is CC1=C(c2cc(O)ccc2F)C(c2ccc(OCC(C)N3CCC(CF)C3)cc2)Oc2ccc(O)cc21. The maximum atomic E-state index is 15.0. The van der Waals surface area contributed by atoms with Crippen molar-refractivity contribution < 1.29 is 28.5 Å². The molecule has 1 fully saturated rings. The minimum Gasteiger partial charge on any atom is -0.508 e. The standard InChI is InChI=1S/C30H31F2NO4/c1-18(33-12-11-20(15-31)16-33)17-36-24-7-3-21(4-8-24)30-29(26-14-22(34)5-9-27(26)32)19(2)25-13-23(35)6-10-28(25)37-30/h3-10,13-14,18,20,30,34-35H,11-12,15-17H2,1-2H3. The lowest BCUT2D eigenvalue weighted by atomic mass is 9.86. The Hall–Kier alpha value is -3.58. The van der Waals surface area contributed by atoms with Crippen molar-refractivity contribution in [2.24, 2.45) is 5.92 Å². The van der Waals surface area contributed by atoms with Crippen molar-refractivity contribution in [3.05, 3.63) is 83.2 Å². The summed E-state index contributed by atoms with van der Waals surface area (Å²) in [6, 6.07) is 16.4. The van der Waals surface area contributed by atoms with Gasteiger partial charge in [0.25, 0.3) is 0 Å². The van der Waals surface area contributed by atoms with Gasteiger partial charge in [-0.1, -0.05) is 12.1 Å². The van der Waals surface area contributed by atoms with Crippen LogP contribution in [0, 0.1) is 11.7 Å². The first-order valence-corrected chi connectivity index (χ1v) is 12.6. The number of benzene rings is 3. The molecular formula is C30H31F2NO4. The largest absolute Gasteiger partial charge is 0.508 e. The highest BCUT2D eigenvalue weighted by molar-refractivity contribution is 5.96. The fourth-order valence-electron chi connectivity index (χ4n) is 5.19. The molecule has 3 aromatic carbocycles. The van der Waals surface area contributed by atoms with Gasteiger partial charge in [-0.05, 0) is 86.5 Å². The maximum Gasteiger partial charge on any atom is 0.150 e. The van der Waals surface area contributed by atoms with E-state index in [9.17, 15) is 19.0 Å². The number of ether oxygens (including phenoxy) is 2. The van der Waals surface area contributed by atoms with Gasteiger partial charge in [-0.25, -0.2) is 4.39 Å². The van der Waals surface area contributed by atoms with Crippen LogP contribution in [0.4, 0.5) is 8.78 Å². The van der Waals surface area contributed by atoms with Crippen molar-refractivity contribution in [1.82, 2.24) is 4.90 Å². The van der Waals surface area contributed by atoms with Crippen LogP contribution in [0.5, 0.6) is 23.0 Å². The third kappa shape index (κ3) is 5.14. The van der Waals surface area contributed by atoms with Gasteiger partial charge in [0.1, 0.15) is 41.5 Å². The molecule has 1 saturated heterocycles. The molecule has 2 aliphatic rings. The summed E-state index contributed by atoms with van der Waals surface area (Å²) in [6.45, 7) is 5.81. The minimum absolute atomic E-state index is 0.0501. The number of hydrogen-bond acceptors (Lipinski definition) is 5. The van der Waals surface area contributed by atoms with Gasteiger partial charge in [-0.2, -0.15) is 0 Å². The minimum atomic E-state index is -0.636. The highest BCUT2D eigenvalue weighted by atomic mass is 19.1.